The summed E-state index contributed by atoms with van der Waals surface area (Å²) in [6.45, 7) is 1.77. The summed E-state index contributed by atoms with van der Waals surface area (Å²) in [5.41, 5.74) is 9.05. The summed E-state index contributed by atoms with van der Waals surface area (Å²) in [6, 6.07) is 6.77. The average Bonchev–Trinajstić information content (AvgIpc) is 2.95. The largest absolute Gasteiger partial charge is 0.325 e. The summed E-state index contributed by atoms with van der Waals surface area (Å²) in [7, 11) is 2.21. The van der Waals surface area contributed by atoms with Crippen molar-refractivity contribution in [2.75, 3.05) is 13.6 Å². The summed E-state index contributed by atoms with van der Waals surface area (Å²) < 4.78 is 2.12. The van der Waals surface area contributed by atoms with E-state index in [0.717, 1.165) is 17.8 Å². The van der Waals surface area contributed by atoms with E-state index in [2.05, 4.69) is 28.6 Å². The van der Waals surface area contributed by atoms with Gasteiger partial charge in [0.2, 0.25) is 0 Å². The first kappa shape index (κ1) is 11.7. The van der Waals surface area contributed by atoms with Crippen LogP contribution in [0.3, 0.4) is 0 Å². The number of nitrogens with zero attached hydrogens (tertiary/aromatic N) is 3. The van der Waals surface area contributed by atoms with E-state index >= 15 is 0 Å². The molecule has 96 valence electrons. The maximum Gasteiger partial charge on any atom is 0.137 e. The van der Waals surface area contributed by atoms with Crippen molar-refractivity contribution >= 4 is 5.65 Å². The Kier molecular flexibility index (Phi) is 3.06. The molecule has 3 heterocycles. The maximum atomic E-state index is 5.75. The molecule has 0 aromatic carbocycles. The highest BCUT2D eigenvalue weighted by Crippen LogP contribution is 2.19. The maximum absolute atomic E-state index is 5.75. The SMILES string of the molecule is CN1CCCC1Cc1cn2c(CN)cccc2n1. The fourth-order valence-corrected chi connectivity index (χ4v) is 2.86. The number of rotatable bonds is 3. The van der Waals surface area contributed by atoms with Gasteiger partial charge in [-0.1, -0.05) is 6.07 Å². The molecule has 0 aliphatic carbocycles. The number of nitrogens with two attached hydrogens (primary N) is 1. The Hall–Kier alpha value is -1.39. The second-order valence-electron chi connectivity index (χ2n) is 5.16. The van der Waals surface area contributed by atoms with E-state index in [0.29, 0.717) is 12.6 Å². The summed E-state index contributed by atoms with van der Waals surface area (Å²) in [5, 5.41) is 0. The van der Waals surface area contributed by atoms with Crippen LogP contribution in [0.1, 0.15) is 24.2 Å². The summed E-state index contributed by atoms with van der Waals surface area (Å²) >= 11 is 0. The van der Waals surface area contributed by atoms with E-state index in [4.69, 9.17) is 10.7 Å². The van der Waals surface area contributed by atoms with Gasteiger partial charge in [0.25, 0.3) is 0 Å². The Morgan fingerprint density at radius 1 is 1.44 bits per heavy atom. The third kappa shape index (κ3) is 2.02. The van der Waals surface area contributed by atoms with Crippen LogP contribution in [0.2, 0.25) is 0 Å². The minimum atomic E-state index is 0.552. The number of fused-ring (bicyclic) bond motifs is 1. The van der Waals surface area contributed by atoms with Crippen LogP contribution >= 0.6 is 0 Å². The van der Waals surface area contributed by atoms with E-state index in [1.807, 2.05) is 12.1 Å². The van der Waals surface area contributed by atoms with Gasteiger partial charge >= 0.3 is 0 Å². The van der Waals surface area contributed by atoms with Crippen molar-refractivity contribution in [2.45, 2.75) is 31.8 Å². The number of hydrogen-bond acceptors (Lipinski definition) is 3. The lowest BCUT2D eigenvalue weighted by Crippen LogP contribution is -2.26. The molecule has 1 aliphatic heterocycles. The van der Waals surface area contributed by atoms with Crippen molar-refractivity contribution < 1.29 is 0 Å². The molecule has 2 aromatic rings. The zero-order valence-electron chi connectivity index (χ0n) is 10.8. The highest BCUT2D eigenvalue weighted by molar-refractivity contribution is 5.42. The van der Waals surface area contributed by atoms with Crippen LogP contribution in [0.4, 0.5) is 0 Å². The average molecular weight is 244 g/mol. The lowest BCUT2D eigenvalue weighted by molar-refractivity contribution is 0.308. The van der Waals surface area contributed by atoms with Crippen LogP contribution in [0.5, 0.6) is 0 Å². The molecule has 0 bridgehead atoms. The summed E-state index contributed by atoms with van der Waals surface area (Å²) in [6.07, 6.45) is 5.78. The van der Waals surface area contributed by atoms with Crippen molar-refractivity contribution in [3.05, 3.63) is 35.8 Å². The van der Waals surface area contributed by atoms with E-state index in [1.54, 1.807) is 0 Å². The number of hydrogen-bond donors (Lipinski definition) is 1. The van der Waals surface area contributed by atoms with E-state index in [1.165, 1.54) is 25.1 Å². The molecule has 1 fully saturated rings. The number of aromatic nitrogens is 2. The van der Waals surface area contributed by atoms with Gasteiger partial charge in [-0.05, 0) is 38.6 Å². The molecule has 1 aliphatic rings. The molecule has 1 atom stereocenters. The molecule has 2 N–H and O–H groups in total. The molecule has 0 radical (unpaired) electrons. The molecule has 4 nitrogen and oxygen atoms in total. The highest BCUT2D eigenvalue weighted by Gasteiger charge is 2.22. The van der Waals surface area contributed by atoms with Gasteiger partial charge in [0.05, 0.1) is 5.69 Å². The standard InChI is InChI=1S/C14H20N4/c1-17-7-3-5-12(17)8-11-10-18-13(9-15)4-2-6-14(18)16-11/h2,4,6,10,12H,3,5,7-9,15H2,1H3. The minimum absolute atomic E-state index is 0.552. The fraction of sp³-hybridized carbons (Fsp3) is 0.500. The van der Waals surface area contributed by atoms with Gasteiger partial charge in [-0.15, -0.1) is 0 Å². The van der Waals surface area contributed by atoms with E-state index < -0.39 is 0 Å². The topological polar surface area (TPSA) is 46.6 Å². The van der Waals surface area contributed by atoms with Crippen molar-refractivity contribution in [2.24, 2.45) is 5.73 Å². The van der Waals surface area contributed by atoms with Crippen LogP contribution in [0, 0.1) is 0 Å². The Morgan fingerprint density at radius 2 is 2.33 bits per heavy atom. The fourth-order valence-electron chi connectivity index (χ4n) is 2.86. The predicted molar refractivity (Wildman–Crippen MR) is 72.4 cm³/mol. The van der Waals surface area contributed by atoms with Gasteiger partial charge in [-0.25, -0.2) is 4.98 Å². The Morgan fingerprint density at radius 3 is 3.06 bits per heavy atom. The third-order valence-electron chi connectivity index (χ3n) is 3.95. The minimum Gasteiger partial charge on any atom is -0.325 e. The van der Waals surface area contributed by atoms with Crippen LogP contribution in [0.25, 0.3) is 5.65 Å². The predicted octanol–water partition coefficient (Wildman–Crippen LogP) is 1.43. The van der Waals surface area contributed by atoms with Gasteiger partial charge < -0.3 is 15.0 Å². The molecule has 3 rings (SSSR count). The molecule has 1 saturated heterocycles. The number of likely N-dealkylation sites (tertiary alicyclic amines) is 1. The highest BCUT2D eigenvalue weighted by atomic mass is 15.1. The molecule has 18 heavy (non-hydrogen) atoms. The normalized spacial score (nSPS) is 20.9. The number of likely N-dealkylation sites (N-methyl/N-ethyl adjacent to an activating group) is 1. The lowest BCUT2D eigenvalue weighted by atomic mass is 10.1. The van der Waals surface area contributed by atoms with Crippen molar-refractivity contribution in [3.63, 3.8) is 0 Å². The first-order valence-electron chi connectivity index (χ1n) is 6.64. The molecule has 4 heteroatoms. The van der Waals surface area contributed by atoms with Crippen molar-refractivity contribution in [1.29, 1.82) is 0 Å². The summed E-state index contributed by atoms with van der Waals surface area (Å²) in [5.74, 6) is 0. The van der Waals surface area contributed by atoms with Crippen molar-refractivity contribution in [3.8, 4) is 0 Å². The van der Waals surface area contributed by atoms with Crippen LogP contribution in [-0.2, 0) is 13.0 Å². The molecule has 2 aromatic heterocycles. The lowest BCUT2D eigenvalue weighted by Gasteiger charge is -2.17. The summed E-state index contributed by atoms with van der Waals surface area (Å²) in [4.78, 5) is 7.14. The van der Waals surface area contributed by atoms with Gasteiger partial charge in [0, 0.05) is 30.9 Å². The zero-order valence-corrected chi connectivity index (χ0v) is 10.8. The van der Waals surface area contributed by atoms with E-state index in [-0.39, 0.29) is 0 Å². The second kappa shape index (κ2) is 4.71. The molecule has 0 amide bonds. The monoisotopic (exact) mass is 244 g/mol. The van der Waals surface area contributed by atoms with Gasteiger partial charge in [-0.2, -0.15) is 0 Å². The molecule has 0 spiro atoms. The third-order valence-corrected chi connectivity index (χ3v) is 3.95. The zero-order chi connectivity index (χ0) is 12.5. The molecule has 0 saturated carbocycles. The van der Waals surface area contributed by atoms with Gasteiger partial charge in [0.15, 0.2) is 0 Å². The molecular weight excluding hydrogens is 224 g/mol. The number of imidazole rings is 1. The van der Waals surface area contributed by atoms with Crippen LogP contribution in [0.15, 0.2) is 24.4 Å². The Balaban J connectivity index is 1.89. The first-order chi connectivity index (χ1) is 8.78. The number of pyridine rings is 1. The van der Waals surface area contributed by atoms with E-state index in [9.17, 15) is 0 Å². The van der Waals surface area contributed by atoms with Crippen LogP contribution in [-0.4, -0.2) is 33.9 Å². The molecule has 1 unspecified atom stereocenters. The smallest absolute Gasteiger partial charge is 0.137 e. The molecular formula is C14H20N4. The Bertz CT molecular complexity index is 546. The second-order valence-corrected chi connectivity index (χ2v) is 5.16. The van der Waals surface area contributed by atoms with Gasteiger partial charge in [0.1, 0.15) is 5.65 Å². The first-order valence-corrected chi connectivity index (χ1v) is 6.64. The Labute approximate surface area is 107 Å². The van der Waals surface area contributed by atoms with Gasteiger partial charge in [-0.3, -0.25) is 0 Å². The van der Waals surface area contributed by atoms with Crippen molar-refractivity contribution in [1.82, 2.24) is 14.3 Å². The quantitative estimate of drug-likeness (QED) is 0.888. The van der Waals surface area contributed by atoms with Crippen LogP contribution < -0.4 is 5.73 Å².